The second-order valence-electron chi connectivity index (χ2n) is 5.89. The van der Waals surface area contributed by atoms with Gasteiger partial charge in [0.1, 0.15) is 0 Å². The third-order valence-corrected chi connectivity index (χ3v) is 3.41. The molecule has 3 heteroatoms. The van der Waals surface area contributed by atoms with Gasteiger partial charge in [0.05, 0.1) is 0 Å². The lowest BCUT2D eigenvalue weighted by atomic mass is 9.93. The first-order chi connectivity index (χ1) is 9.32. The quantitative estimate of drug-likeness (QED) is 0.602. The van der Waals surface area contributed by atoms with E-state index in [9.17, 15) is 0 Å². The number of thiocarbonyl (C=S) groups is 1. The molecule has 0 aliphatic heterocycles. The molecule has 1 rings (SSSR count). The third-order valence-electron chi connectivity index (χ3n) is 3.16. The summed E-state index contributed by atoms with van der Waals surface area (Å²) in [5, 5.41) is 7.22. The highest BCUT2D eigenvalue weighted by molar-refractivity contribution is 7.80. The molecule has 0 unspecified atom stereocenters. The first-order valence-electron chi connectivity index (χ1n) is 7.15. The van der Waals surface area contributed by atoms with Crippen LogP contribution in [0.3, 0.4) is 0 Å². The second kappa shape index (κ2) is 7.44. The van der Waals surface area contributed by atoms with Crippen LogP contribution in [0.25, 0.3) is 0 Å². The third kappa shape index (κ3) is 4.64. The molecular formula is C17H26N2S. The monoisotopic (exact) mass is 290 g/mol. The highest BCUT2D eigenvalue weighted by Crippen LogP contribution is 2.32. The Hall–Kier alpha value is -1.35. The number of hydrogen-bond acceptors (Lipinski definition) is 1. The molecular weight excluding hydrogens is 264 g/mol. The van der Waals surface area contributed by atoms with E-state index in [4.69, 9.17) is 12.2 Å². The Morgan fingerprint density at radius 2 is 1.65 bits per heavy atom. The summed E-state index contributed by atoms with van der Waals surface area (Å²) in [6, 6.07) is 6.46. The van der Waals surface area contributed by atoms with Crippen molar-refractivity contribution in [2.24, 2.45) is 0 Å². The average molecular weight is 290 g/mol. The molecule has 2 N–H and O–H groups in total. The number of anilines is 1. The fraction of sp³-hybridized carbons (Fsp3) is 0.471. The summed E-state index contributed by atoms with van der Waals surface area (Å²) in [6.07, 6.45) is 0. The van der Waals surface area contributed by atoms with Crippen LogP contribution in [0.2, 0.25) is 0 Å². The Balaban J connectivity index is 3.01. The van der Waals surface area contributed by atoms with Crippen LogP contribution in [0.15, 0.2) is 30.4 Å². The van der Waals surface area contributed by atoms with Crippen LogP contribution < -0.4 is 10.6 Å². The normalized spacial score (nSPS) is 10.8. The van der Waals surface area contributed by atoms with E-state index in [1.165, 1.54) is 11.1 Å². The van der Waals surface area contributed by atoms with E-state index < -0.39 is 0 Å². The van der Waals surface area contributed by atoms with Crippen LogP contribution in [-0.2, 0) is 0 Å². The molecule has 0 saturated heterocycles. The molecule has 20 heavy (non-hydrogen) atoms. The maximum absolute atomic E-state index is 5.38. The van der Waals surface area contributed by atoms with E-state index >= 15 is 0 Å². The summed E-state index contributed by atoms with van der Waals surface area (Å²) in [6.45, 7) is 15.4. The van der Waals surface area contributed by atoms with Gasteiger partial charge in [0.15, 0.2) is 5.11 Å². The molecule has 1 aromatic carbocycles. The highest BCUT2D eigenvalue weighted by Gasteiger charge is 2.14. The van der Waals surface area contributed by atoms with Crippen LogP contribution in [-0.4, -0.2) is 11.7 Å². The Morgan fingerprint density at radius 1 is 1.15 bits per heavy atom. The van der Waals surface area contributed by atoms with Crippen molar-refractivity contribution >= 4 is 23.0 Å². The molecule has 110 valence electrons. The van der Waals surface area contributed by atoms with Gasteiger partial charge in [0, 0.05) is 12.2 Å². The van der Waals surface area contributed by atoms with Gasteiger partial charge in [-0.05, 0) is 42.1 Å². The largest absolute Gasteiger partial charge is 0.359 e. The van der Waals surface area contributed by atoms with Crippen molar-refractivity contribution in [1.82, 2.24) is 5.32 Å². The molecule has 1 aromatic rings. The lowest BCUT2D eigenvalue weighted by molar-refractivity contribution is 0.838. The van der Waals surface area contributed by atoms with Gasteiger partial charge in [-0.15, -0.1) is 0 Å². The van der Waals surface area contributed by atoms with Crippen molar-refractivity contribution < 1.29 is 0 Å². The number of benzene rings is 1. The van der Waals surface area contributed by atoms with Crippen LogP contribution in [0.4, 0.5) is 5.69 Å². The van der Waals surface area contributed by atoms with Crippen LogP contribution in [0.5, 0.6) is 0 Å². The molecule has 0 fully saturated rings. The Labute approximate surface area is 128 Å². The van der Waals surface area contributed by atoms with Crippen LogP contribution >= 0.6 is 12.2 Å². The fourth-order valence-corrected chi connectivity index (χ4v) is 2.26. The predicted octanol–water partition coefficient (Wildman–Crippen LogP) is 4.80. The molecule has 0 atom stereocenters. The zero-order valence-corrected chi connectivity index (χ0v) is 14.0. The maximum Gasteiger partial charge on any atom is 0.171 e. The topological polar surface area (TPSA) is 24.1 Å². The van der Waals surface area contributed by atoms with E-state index in [1.54, 1.807) is 0 Å². The van der Waals surface area contributed by atoms with Crippen molar-refractivity contribution in [3.63, 3.8) is 0 Å². The average Bonchev–Trinajstić information content (AvgIpc) is 2.36. The molecule has 0 aliphatic carbocycles. The van der Waals surface area contributed by atoms with Crippen molar-refractivity contribution in [3.05, 3.63) is 41.5 Å². The number of nitrogens with one attached hydrogen (secondary N) is 2. The summed E-state index contributed by atoms with van der Waals surface area (Å²) in [5.74, 6) is 0.917. The molecule has 0 amide bonds. The Morgan fingerprint density at radius 3 is 2.05 bits per heavy atom. The molecule has 2 nitrogen and oxygen atoms in total. The summed E-state index contributed by atoms with van der Waals surface area (Å²) >= 11 is 5.38. The zero-order chi connectivity index (χ0) is 15.3. The summed E-state index contributed by atoms with van der Waals surface area (Å²) < 4.78 is 0. The van der Waals surface area contributed by atoms with Crippen molar-refractivity contribution in [2.45, 2.75) is 46.5 Å². The van der Waals surface area contributed by atoms with Crippen LogP contribution in [0, 0.1) is 0 Å². The smallest absolute Gasteiger partial charge is 0.171 e. The summed E-state index contributed by atoms with van der Waals surface area (Å²) in [4.78, 5) is 0. The van der Waals surface area contributed by atoms with Crippen molar-refractivity contribution in [2.75, 3.05) is 11.9 Å². The van der Waals surface area contributed by atoms with Crippen molar-refractivity contribution in [1.29, 1.82) is 0 Å². The van der Waals surface area contributed by atoms with Gasteiger partial charge in [0.2, 0.25) is 0 Å². The van der Waals surface area contributed by atoms with E-state index in [1.807, 2.05) is 6.92 Å². The van der Waals surface area contributed by atoms with Gasteiger partial charge in [-0.25, -0.2) is 0 Å². The van der Waals surface area contributed by atoms with Crippen LogP contribution in [0.1, 0.15) is 57.6 Å². The number of rotatable bonds is 5. The SMILES string of the molecule is C=C(C)CNC(=S)Nc1c(C(C)C)cccc1C(C)C. The summed E-state index contributed by atoms with van der Waals surface area (Å²) in [5.41, 5.74) is 4.82. The maximum atomic E-state index is 5.38. The van der Waals surface area contributed by atoms with Gasteiger partial charge in [-0.1, -0.05) is 58.0 Å². The first-order valence-corrected chi connectivity index (χ1v) is 7.55. The second-order valence-corrected chi connectivity index (χ2v) is 6.29. The highest BCUT2D eigenvalue weighted by atomic mass is 32.1. The fourth-order valence-electron chi connectivity index (χ4n) is 2.08. The molecule has 0 aromatic heterocycles. The molecule has 0 heterocycles. The molecule has 0 radical (unpaired) electrons. The minimum absolute atomic E-state index is 0.458. The van der Waals surface area contributed by atoms with Gasteiger partial charge >= 0.3 is 0 Å². The molecule has 0 bridgehead atoms. The lowest BCUT2D eigenvalue weighted by Gasteiger charge is -2.21. The summed E-state index contributed by atoms with van der Waals surface area (Å²) in [7, 11) is 0. The Bertz CT molecular complexity index is 464. The van der Waals surface area contributed by atoms with Gasteiger partial charge in [0.25, 0.3) is 0 Å². The van der Waals surface area contributed by atoms with E-state index in [0.29, 0.717) is 23.5 Å². The minimum atomic E-state index is 0.458. The Kier molecular flexibility index (Phi) is 6.21. The minimum Gasteiger partial charge on any atom is -0.359 e. The van der Waals surface area contributed by atoms with Crippen molar-refractivity contribution in [3.8, 4) is 0 Å². The molecule has 0 aliphatic rings. The zero-order valence-electron chi connectivity index (χ0n) is 13.2. The van der Waals surface area contributed by atoms with E-state index in [-0.39, 0.29) is 0 Å². The predicted molar refractivity (Wildman–Crippen MR) is 93.7 cm³/mol. The molecule has 0 saturated carbocycles. The standard InChI is InChI=1S/C17H26N2S/c1-11(2)10-18-17(20)19-16-14(12(3)4)8-7-9-15(16)13(5)6/h7-9,12-13H,1,10H2,2-6H3,(H2,18,19,20). The van der Waals surface area contributed by atoms with Gasteiger partial charge < -0.3 is 10.6 Å². The number of hydrogen-bond donors (Lipinski definition) is 2. The van der Waals surface area contributed by atoms with E-state index in [2.05, 4.69) is 63.1 Å². The van der Waals surface area contributed by atoms with Gasteiger partial charge in [-0.2, -0.15) is 0 Å². The first kappa shape index (κ1) is 16.7. The molecule has 0 spiro atoms. The lowest BCUT2D eigenvalue weighted by Crippen LogP contribution is -2.30. The number of para-hydroxylation sites is 1. The van der Waals surface area contributed by atoms with E-state index in [0.717, 1.165) is 11.3 Å². The van der Waals surface area contributed by atoms with Gasteiger partial charge in [-0.3, -0.25) is 0 Å².